The maximum Gasteiger partial charge on any atom is 0.128 e. The van der Waals surface area contributed by atoms with Gasteiger partial charge in [0.25, 0.3) is 0 Å². The third-order valence-corrected chi connectivity index (χ3v) is 4.17. The number of anilines is 1. The molecule has 0 aliphatic heterocycles. The summed E-state index contributed by atoms with van der Waals surface area (Å²) in [6.45, 7) is 3.06. The number of aromatic nitrogens is 1. The molecule has 2 rings (SSSR count). The van der Waals surface area contributed by atoms with Gasteiger partial charge in [0.1, 0.15) is 5.82 Å². The predicted molar refractivity (Wildman–Crippen MR) is 76.8 cm³/mol. The van der Waals surface area contributed by atoms with Gasteiger partial charge >= 0.3 is 0 Å². The first kappa shape index (κ1) is 13.3. The van der Waals surface area contributed by atoms with E-state index in [1.54, 1.807) is 0 Å². The van der Waals surface area contributed by atoms with Gasteiger partial charge in [-0.25, -0.2) is 4.98 Å². The minimum Gasteiger partial charge on any atom is -0.356 e. The van der Waals surface area contributed by atoms with E-state index < -0.39 is 0 Å². The Bertz CT molecular complexity index is 361. The van der Waals surface area contributed by atoms with Crippen molar-refractivity contribution in [3.8, 4) is 0 Å². The van der Waals surface area contributed by atoms with E-state index >= 15 is 0 Å². The van der Waals surface area contributed by atoms with E-state index in [0.29, 0.717) is 12.6 Å². The van der Waals surface area contributed by atoms with Gasteiger partial charge in [-0.05, 0) is 43.4 Å². The highest BCUT2D eigenvalue weighted by molar-refractivity contribution is 5.40. The standard InChI is InChI=1S/C15H25N3/c1-12-5-3-4-6-14(12)18(2)15-8-7-13(9-10-16)11-17-15/h7-8,11-12,14H,3-6,9-10,16H2,1-2H3. The lowest BCUT2D eigenvalue weighted by molar-refractivity contribution is 0.320. The van der Waals surface area contributed by atoms with Gasteiger partial charge in [-0.3, -0.25) is 0 Å². The van der Waals surface area contributed by atoms with E-state index in [4.69, 9.17) is 5.73 Å². The van der Waals surface area contributed by atoms with Crippen molar-refractivity contribution in [2.75, 3.05) is 18.5 Å². The quantitative estimate of drug-likeness (QED) is 0.889. The summed E-state index contributed by atoms with van der Waals surface area (Å²) in [5.41, 5.74) is 6.78. The van der Waals surface area contributed by atoms with Crippen LogP contribution in [-0.2, 0) is 6.42 Å². The minimum absolute atomic E-state index is 0.645. The largest absolute Gasteiger partial charge is 0.356 e. The summed E-state index contributed by atoms with van der Waals surface area (Å²) in [5.74, 6) is 1.86. The molecule has 100 valence electrons. The summed E-state index contributed by atoms with van der Waals surface area (Å²) in [6.07, 6.45) is 8.26. The highest BCUT2D eigenvalue weighted by Crippen LogP contribution is 2.29. The Labute approximate surface area is 110 Å². The fourth-order valence-electron chi connectivity index (χ4n) is 2.98. The summed E-state index contributed by atoms with van der Waals surface area (Å²) in [7, 11) is 2.18. The maximum atomic E-state index is 5.56. The lowest BCUT2D eigenvalue weighted by atomic mass is 9.85. The van der Waals surface area contributed by atoms with Crippen LogP contribution in [-0.4, -0.2) is 24.6 Å². The van der Waals surface area contributed by atoms with Crippen LogP contribution in [0.3, 0.4) is 0 Å². The fraction of sp³-hybridized carbons (Fsp3) is 0.667. The summed E-state index contributed by atoms with van der Waals surface area (Å²) < 4.78 is 0. The zero-order chi connectivity index (χ0) is 13.0. The maximum absolute atomic E-state index is 5.56. The second-order valence-electron chi connectivity index (χ2n) is 5.50. The van der Waals surface area contributed by atoms with Crippen molar-refractivity contribution in [3.05, 3.63) is 23.9 Å². The van der Waals surface area contributed by atoms with Crippen LogP contribution in [0.5, 0.6) is 0 Å². The van der Waals surface area contributed by atoms with Crippen molar-refractivity contribution < 1.29 is 0 Å². The third-order valence-electron chi connectivity index (χ3n) is 4.17. The zero-order valence-electron chi connectivity index (χ0n) is 11.6. The van der Waals surface area contributed by atoms with Crippen LogP contribution in [0.4, 0.5) is 5.82 Å². The summed E-state index contributed by atoms with van der Waals surface area (Å²) in [6, 6.07) is 4.93. The Balaban J connectivity index is 2.05. The topological polar surface area (TPSA) is 42.1 Å². The van der Waals surface area contributed by atoms with Gasteiger partial charge in [-0.2, -0.15) is 0 Å². The van der Waals surface area contributed by atoms with Gasteiger partial charge in [0.15, 0.2) is 0 Å². The van der Waals surface area contributed by atoms with Crippen molar-refractivity contribution in [1.29, 1.82) is 0 Å². The van der Waals surface area contributed by atoms with Crippen LogP contribution in [0, 0.1) is 5.92 Å². The molecule has 2 unspecified atom stereocenters. The summed E-state index contributed by atoms with van der Waals surface area (Å²) >= 11 is 0. The minimum atomic E-state index is 0.645. The highest BCUT2D eigenvalue weighted by Gasteiger charge is 2.25. The Morgan fingerprint density at radius 2 is 2.11 bits per heavy atom. The lowest BCUT2D eigenvalue weighted by Gasteiger charge is -2.37. The van der Waals surface area contributed by atoms with Gasteiger partial charge in [0, 0.05) is 19.3 Å². The number of hydrogen-bond acceptors (Lipinski definition) is 3. The van der Waals surface area contributed by atoms with Gasteiger partial charge < -0.3 is 10.6 Å². The fourth-order valence-corrected chi connectivity index (χ4v) is 2.98. The van der Waals surface area contributed by atoms with Gasteiger partial charge in [-0.15, -0.1) is 0 Å². The molecule has 0 radical (unpaired) electrons. The first-order chi connectivity index (χ1) is 8.72. The van der Waals surface area contributed by atoms with Crippen molar-refractivity contribution in [2.45, 2.75) is 45.1 Å². The van der Waals surface area contributed by atoms with Crippen molar-refractivity contribution >= 4 is 5.82 Å². The predicted octanol–water partition coefficient (Wildman–Crippen LogP) is 2.60. The Morgan fingerprint density at radius 3 is 2.72 bits per heavy atom. The summed E-state index contributed by atoms with van der Waals surface area (Å²) in [5, 5.41) is 0. The average molecular weight is 247 g/mol. The first-order valence-electron chi connectivity index (χ1n) is 7.10. The van der Waals surface area contributed by atoms with E-state index in [9.17, 15) is 0 Å². The zero-order valence-corrected chi connectivity index (χ0v) is 11.6. The SMILES string of the molecule is CC1CCCCC1N(C)c1ccc(CCN)cn1. The number of pyridine rings is 1. The second-order valence-corrected chi connectivity index (χ2v) is 5.50. The molecule has 3 nitrogen and oxygen atoms in total. The molecular weight excluding hydrogens is 222 g/mol. The normalized spacial score (nSPS) is 23.9. The van der Waals surface area contributed by atoms with E-state index in [1.165, 1.54) is 31.2 Å². The van der Waals surface area contributed by atoms with Crippen LogP contribution >= 0.6 is 0 Å². The van der Waals surface area contributed by atoms with Gasteiger partial charge in [-0.1, -0.05) is 25.8 Å². The van der Waals surface area contributed by atoms with Crippen LogP contribution in [0.2, 0.25) is 0 Å². The molecule has 18 heavy (non-hydrogen) atoms. The highest BCUT2D eigenvalue weighted by atomic mass is 15.2. The molecule has 1 aromatic rings. The smallest absolute Gasteiger partial charge is 0.128 e. The molecule has 0 amide bonds. The van der Waals surface area contributed by atoms with Gasteiger partial charge in [0.2, 0.25) is 0 Å². The third kappa shape index (κ3) is 3.02. The first-order valence-corrected chi connectivity index (χ1v) is 7.10. The average Bonchev–Trinajstić information content (AvgIpc) is 2.40. The van der Waals surface area contributed by atoms with E-state index in [0.717, 1.165) is 18.2 Å². The second kappa shape index (κ2) is 6.19. The van der Waals surface area contributed by atoms with Crippen molar-refractivity contribution in [2.24, 2.45) is 11.7 Å². The van der Waals surface area contributed by atoms with Crippen LogP contribution in [0.25, 0.3) is 0 Å². The molecule has 1 aliphatic carbocycles. The number of nitrogens with zero attached hydrogens (tertiary/aromatic N) is 2. The molecule has 1 fully saturated rings. The molecule has 3 heteroatoms. The molecule has 1 aliphatic rings. The molecule has 0 aromatic carbocycles. The Kier molecular flexibility index (Phi) is 4.59. The van der Waals surface area contributed by atoms with E-state index in [1.807, 2.05) is 6.20 Å². The molecular formula is C15H25N3. The van der Waals surface area contributed by atoms with E-state index in [-0.39, 0.29) is 0 Å². The lowest BCUT2D eigenvalue weighted by Crippen LogP contribution is -2.39. The molecule has 0 bridgehead atoms. The molecule has 1 heterocycles. The molecule has 0 saturated heterocycles. The Hall–Kier alpha value is -1.09. The van der Waals surface area contributed by atoms with Crippen molar-refractivity contribution in [1.82, 2.24) is 4.98 Å². The van der Waals surface area contributed by atoms with Crippen LogP contribution in [0.1, 0.15) is 38.2 Å². The number of hydrogen-bond donors (Lipinski definition) is 1. The monoisotopic (exact) mass is 247 g/mol. The van der Waals surface area contributed by atoms with Crippen LogP contribution in [0.15, 0.2) is 18.3 Å². The number of rotatable bonds is 4. The molecule has 1 aromatic heterocycles. The van der Waals surface area contributed by atoms with E-state index in [2.05, 4.69) is 36.0 Å². The molecule has 2 atom stereocenters. The van der Waals surface area contributed by atoms with Gasteiger partial charge in [0.05, 0.1) is 0 Å². The molecule has 2 N–H and O–H groups in total. The number of nitrogens with two attached hydrogens (primary N) is 1. The molecule has 0 spiro atoms. The summed E-state index contributed by atoms with van der Waals surface area (Å²) in [4.78, 5) is 6.93. The van der Waals surface area contributed by atoms with Crippen molar-refractivity contribution in [3.63, 3.8) is 0 Å². The molecule has 1 saturated carbocycles. The Morgan fingerprint density at radius 1 is 1.33 bits per heavy atom. The van der Waals surface area contributed by atoms with Crippen LogP contribution < -0.4 is 10.6 Å².